The number of rotatable bonds is 9. The normalized spacial score (nSPS) is 14.3. The van der Waals surface area contributed by atoms with Gasteiger partial charge in [0.1, 0.15) is 5.75 Å². The minimum absolute atomic E-state index is 0. The zero-order chi connectivity index (χ0) is 21.9. The Morgan fingerprint density at radius 2 is 1.88 bits per heavy atom. The van der Waals surface area contributed by atoms with Gasteiger partial charge in [-0.2, -0.15) is 0 Å². The van der Waals surface area contributed by atoms with E-state index in [-0.39, 0.29) is 29.7 Å². The summed E-state index contributed by atoms with van der Waals surface area (Å²) in [7, 11) is 1.66. The molecule has 10 heteroatoms. The zero-order valence-corrected chi connectivity index (χ0v) is 20.5. The van der Waals surface area contributed by atoms with Crippen LogP contribution in [-0.2, 0) is 17.8 Å². The summed E-state index contributed by atoms with van der Waals surface area (Å²) in [5, 5.41) is 17.6. The molecule has 0 atom stereocenters. The van der Waals surface area contributed by atoms with Crippen molar-refractivity contribution in [2.75, 3.05) is 46.5 Å². The smallest absolute Gasteiger partial charge is 0.269 e. The van der Waals surface area contributed by atoms with Crippen molar-refractivity contribution in [3.63, 3.8) is 0 Å². The number of ether oxygens (including phenoxy) is 2. The van der Waals surface area contributed by atoms with Crippen molar-refractivity contribution in [3.05, 3.63) is 69.8 Å². The number of nitro benzene ring substituents is 1. The molecule has 0 radical (unpaired) electrons. The van der Waals surface area contributed by atoms with Gasteiger partial charge >= 0.3 is 0 Å². The molecule has 1 heterocycles. The fourth-order valence-corrected chi connectivity index (χ4v) is 3.25. The fraction of sp³-hybridized carbons (Fsp3) is 0.409. The summed E-state index contributed by atoms with van der Waals surface area (Å²) in [6.45, 7) is 6.04. The summed E-state index contributed by atoms with van der Waals surface area (Å²) in [6.07, 6.45) is 0. The van der Waals surface area contributed by atoms with E-state index in [1.807, 2.05) is 24.3 Å². The van der Waals surface area contributed by atoms with E-state index in [2.05, 4.69) is 20.5 Å². The zero-order valence-electron chi connectivity index (χ0n) is 18.2. The summed E-state index contributed by atoms with van der Waals surface area (Å²) >= 11 is 0. The van der Waals surface area contributed by atoms with Gasteiger partial charge in [0, 0.05) is 50.4 Å². The van der Waals surface area contributed by atoms with Gasteiger partial charge in [-0.3, -0.25) is 15.0 Å². The number of benzene rings is 2. The molecule has 0 saturated carbocycles. The molecule has 2 aromatic rings. The lowest BCUT2D eigenvalue weighted by molar-refractivity contribution is -0.384. The largest absolute Gasteiger partial charge is 0.496 e. The average molecular weight is 555 g/mol. The molecule has 0 bridgehead atoms. The van der Waals surface area contributed by atoms with Gasteiger partial charge in [0.15, 0.2) is 5.96 Å². The van der Waals surface area contributed by atoms with Crippen LogP contribution >= 0.6 is 24.0 Å². The number of nitro groups is 1. The first-order chi connectivity index (χ1) is 15.2. The third-order valence-electron chi connectivity index (χ3n) is 5.03. The van der Waals surface area contributed by atoms with Crippen LogP contribution in [0.5, 0.6) is 5.75 Å². The topological polar surface area (TPSA) is 101 Å². The van der Waals surface area contributed by atoms with Crippen LogP contribution in [0.15, 0.2) is 53.5 Å². The molecule has 2 N–H and O–H groups in total. The Labute approximate surface area is 205 Å². The summed E-state index contributed by atoms with van der Waals surface area (Å²) < 4.78 is 10.8. The Kier molecular flexibility index (Phi) is 11.2. The lowest BCUT2D eigenvalue weighted by Gasteiger charge is -2.26. The van der Waals surface area contributed by atoms with Gasteiger partial charge in [-0.05, 0) is 11.6 Å². The van der Waals surface area contributed by atoms with Gasteiger partial charge in [-0.1, -0.05) is 30.3 Å². The molecular formula is C22H30IN5O4. The second kappa shape index (κ2) is 13.9. The first kappa shape index (κ1) is 25.8. The number of para-hydroxylation sites is 1. The second-order valence-electron chi connectivity index (χ2n) is 7.13. The molecular weight excluding hydrogens is 525 g/mol. The van der Waals surface area contributed by atoms with Crippen LogP contribution in [0.4, 0.5) is 5.69 Å². The van der Waals surface area contributed by atoms with Gasteiger partial charge in [-0.25, -0.2) is 4.99 Å². The highest BCUT2D eigenvalue weighted by Crippen LogP contribution is 2.16. The van der Waals surface area contributed by atoms with E-state index in [0.717, 1.165) is 56.3 Å². The lowest BCUT2D eigenvalue weighted by Crippen LogP contribution is -2.44. The number of hydrogen-bond donors (Lipinski definition) is 2. The highest BCUT2D eigenvalue weighted by Gasteiger charge is 2.10. The maximum absolute atomic E-state index is 10.8. The molecule has 32 heavy (non-hydrogen) atoms. The molecule has 0 aromatic heterocycles. The summed E-state index contributed by atoms with van der Waals surface area (Å²) in [6, 6.07) is 14.3. The van der Waals surface area contributed by atoms with Gasteiger partial charge in [0.05, 0.1) is 31.8 Å². The van der Waals surface area contributed by atoms with Crippen LogP contribution in [0.3, 0.4) is 0 Å². The van der Waals surface area contributed by atoms with E-state index in [9.17, 15) is 10.1 Å². The predicted molar refractivity (Wildman–Crippen MR) is 135 cm³/mol. The maximum atomic E-state index is 10.8. The van der Waals surface area contributed by atoms with Gasteiger partial charge in [0.25, 0.3) is 5.69 Å². The Bertz CT molecular complexity index is 873. The molecule has 1 aliphatic heterocycles. The highest BCUT2D eigenvalue weighted by atomic mass is 127. The minimum atomic E-state index is -0.402. The number of hydrogen-bond acceptors (Lipinski definition) is 6. The van der Waals surface area contributed by atoms with Crippen LogP contribution in [0.1, 0.15) is 11.1 Å². The Morgan fingerprint density at radius 3 is 2.56 bits per heavy atom. The molecule has 1 aliphatic rings. The molecule has 1 fully saturated rings. The van der Waals surface area contributed by atoms with E-state index in [0.29, 0.717) is 19.0 Å². The summed E-state index contributed by atoms with van der Waals surface area (Å²) in [5.74, 6) is 1.50. The second-order valence-corrected chi connectivity index (χ2v) is 7.13. The first-order valence-electron chi connectivity index (χ1n) is 10.3. The van der Waals surface area contributed by atoms with E-state index in [1.54, 1.807) is 19.2 Å². The van der Waals surface area contributed by atoms with Gasteiger partial charge in [-0.15, -0.1) is 24.0 Å². The van der Waals surface area contributed by atoms with Gasteiger partial charge in [0.2, 0.25) is 0 Å². The molecule has 174 valence electrons. The molecule has 0 aliphatic carbocycles. The summed E-state index contributed by atoms with van der Waals surface area (Å²) in [5.41, 5.74) is 2.01. The van der Waals surface area contributed by atoms with Crippen LogP contribution in [-0.4, -0.2) is 62.3 Å². The third-order valence-corrected chi connectivity index (χ3v) is 5.03. The van der Waals surface area contributed by atoms with Crippen molar-refractivity contribution >= 4 is 35.6 Å². The molecule has 2 aromatic carbocycles. The van der Waals surface area contributed by atoms with Crippen molar-refractivity contribution < 1.29 is 14.4 Å². The number of halogens is 1. The van der Waals surface area contributed by atoms with E-state index < -0.39 is 4.92 Å². The Hall–Kier alpha value is -2.44. The van der Waals surface area contributed by atoms with Crippen molar-refractivity contribution in [2.24, 2.45) is 4.99 Å². The number of methoxy groups -OCH3 is 1. The molecule has 0 unspecified atom stereocenters. The standard InChI is InChI=1S/C22H29N5O4.HI/c1-30-21-5-3-2-4-19(21)17-25-22(23-10-11-26-12-14-31-15-13-26)24-16-18-6-8-20(9-7-18)27(28)29;/h2-9H,10-17H2,1H3,(H2,23,24,25);1H. The van der Waals surface area contributed by atoms with Crippen LogP contribution in [0.2, 0.25) is 0 Å². The number of non-ortho nitro benzene ring substituents is 1. The van der Waals surface area contributed by atoms with Crippen molar-refractivity contribution in [2.45, 2.75) is 13.1 Å². The SMILES string of the molecule is COc1ccccc1CNC(=NCc1ccc([N+](=O)[O-])cc1)NCCN1CCOCC1.I. The molecule has 0 amide bonds. The highest BCUT2D eigenvalue weighted by molar-refractivity contribution is 14.0. The van der Waals surface area contributed by atoms with Crippen molar-refractivity contribution in [1.29, 1.82) is 0 Å². The van der Waals surface area contributed by atoms with Crippen molar-refractivity contribution in [3.8, 4) is 5.75 Å². The average Bonchev–Trinajstić information content (AvgIpc) is 2.81. The lowest BCUT2D eigenvalue weighted by atomic mass is 10.2. The third kappa shape index (κ3) is 8.24. The summed E-state index contributed by atoms with van der Waals surface area (Å²) in [4.78, 5) is 17.4. The number of morpholine rings is 1. The van der Waals surface area contributed by atoms with E-state index >= 15 is 0 Å². The maximum Gasteiger partial charge on any atom is 0.269 e. The minimum Gasteiger partial charge on any atom is -0.496 e. The molecule has 9 nitrogen and oxygen atoms in total. The Morgan fingerprint density at radius 1 is 1.16 bits per heavy atom. The number of nitrogens with one attached hydrogen (secondary N) is 2. The number of aliphatic imine (C=N–C) groups is 1. The predicted octanol–water partition coefficient (Wildman–Crippen LogP) is 2.79. The molecule has 1 saturated heterocycles. The quantitative estimate of drug-likeness (QED) is 0.161. The van der Waals surface area contributed by atoms with Crippen LogP contribution in [0.25, 0.3) is 0 Å². The monoisotopic (exact) mass is 555 g/mol. The fourth-order valence-electron chi connectivity index (χ4n) is 3.25. The van der Waals surface area contributed by atoms with E-state index in [4.69, 9.17) is 9.47 Å². The molecule has 0 spiro atoms. The van der Waals surface area contributed by atoms with Crippen LogP contribution in [0, 0.1) is 10.1 Å². The van der Waals surface area contributed by atoms with Gasteiger partial charge < -0.3 is 20.1 Å². The van der Waals surface area contributed by atoms with Crippen molar-refractivity contribution in [1.82, 2.24) is 15.5 Å². The number of nitrogens with zero attached hydrogens (tertiary/aromatic N) is 3. The molecule has 3 rings (SSSR count). The Balaban J connectivity index is 0.00000363. The number of guanidine groups is 1. The van der Waals surface area contributed by atoms with Crippen LogP contribution < -0.4 is 15.4 Å². The van der Waals surface area contributed by atoms with E-state index in [1.165, 1.54) is 12.1 Å². The first-order valence-corrected chi connectivity index (χ1v) is 10.3.